The highest BCUT2D eigenvalue weighted by molar-refractivity contribution is 7.89. The van der Waals surface area contributed by atoms with Crippen molar-refractivity contribution in [2.45, 2.75) is 45.2 Å². The van der Waals surface area contributed by atoms with Gasteiger partial charge < -0.3 is 5.32 Å². The number of benzene rings is 1. The van der Waals surface area contributed by atoms with Gasteiger partial charge in [0.15, 0.2) is 0 Å². The number of hydrogen-bond acceptors (Lipinski definition) is 3. The highest BCUT2D eigenvalue weighted by Crippen LogP contribution is 2.20. The molecule has 5 heteroatoms. The fourth-order valence-corrected chi connectivity index (χ4v) is 3.45. The lowest BCUT2D eigenvalue weighted by atomic mass is 10.1. The average molecular weight is 270 g/mol. The van der Waals surface area contributed by atoms with E-state index in [4.69, 9.17) is 0 Å². The fraction of sp³-hybridized carbons (Fsp3) is 0.538. The van der Waals surface area contributed by atoms with Gasteiger partial charge in [-0.25, -0.2) is 13.1 Å². The average Bonchev–Trinajstić information content (AvgIpc) is 2.19. The van der Waals surface area contributed by atoms with E-state index in [0.717, 1.165) is 16.7 Å². The van der Waals surface area contributed by atoms with Gasteiger partial charge in [-0.1, -0.05) is 6.07 Å². The summed E-state index contributed by atoms with van der Waals surface area (Å²) in [5.41, 5.74) is 2.89. The first-order valence-electron chi connectivity index (χ1n) is 6.05. The molecule has 1 rings (SSSR count). The first-order valence-corrected chi connectivity index (χ1v) is 7.53. The summed E-state index contributed by atoms with van der Waals surface area (Å²) in [5.74, 6) is 0. The van der Waals surface area contributed by atoms with Crippen LogP contribution in [0, 0.1) is 13.8 Å². The van der Waals surface area contributed by atoms with Crippen LogP contribution in [0.4, 0.5) is 0 Å². The molecule has 1 aromatic carbocycles. The number of rotatable bonds is 5. The Kier molecular flexibility index (Phi) is 4.90. The Bertz CT molecular complexity index is 522. The van der Waals surface area contributed by atoms with Crippen LogP contribution in [0.1, 0.15) is 30.5 Å². The van der Waals surface area contributed by atoms with Crippen molar-refractivity contribution >= 4 is 10.0 Å². The molecule has 4 nitrogen and oxygen atoms in total. The van der Waals surface area contributed by atoms with Crippen LogP contribution < -0.4 is 10.0 Å². The highest BCUT2D eigenvalue weighted by atomic mass is 32.2. The Morgan fingerprint density at radius 3 is 2.28 bits per heavy atom. The minimum Gasteiger partial charge on any atom is -0.316 e. The molecule has 0 saturated heterocycles. The van der Waals surface area contributed by atoms with Gasteiger partial charge >= 0.3 is 0 Å². The van der Waals surface area contributed by atoms with Gasteiger partial charge in [-0.15, -0.1) is 0 Å². The van der Waals surface area contributed by atoms with Crippen molar-refractivity contribution in [2.75, 3.05) is 7.05 Å². The molecule has 102 valence electrons. The second-order valence-electron chi connectivity index (χ2n) is 4.85. The summed E-state index contributed by atoms with van der Waals surface area (Å²) in [6.07, 6.45) is 0. The highest BCUT2D eigenvalue weighted by Gasteiger charge is 2.19. The second-order valence-corrected chi connectivity index (χ2v) is 6.53. The molecule has 18 heavy (non-hydrogen) atoms. The van der Waals surface area contributed by atoms with E-state index in [2.05, 4.69) is 10.0 Å². The predicted octanol–water partition coefficient (Wildman–Crippen LogP) is 1.71. The molecule has 0 unspecified atom stereocenters. The molecule has 0 heterocycles. The van der Waals surface area contributed by atoms with Gasteiger partial charge in [0.2, 0.25) is 10.0 Å². The molecule has 0 aliphatic rings. The van der Waals surface area contributed by atoms with Gasteiger partial charge in [0.25, 0.3) is 0 Å². The quantitative estimate of drug-likeness (QED) is 0.856. The lowest BCUT2D eigenvalue weighted by Crippen LogP contribution is -2.31. The van der Waals surface area contributed by atoms with Crippen molar-refractivity contribution in [3.8, 4) is 0 Å². The van der Waals surface area contributed by atoms with E-state index in [1.54, 1.807) is 6.07 Å². The predicted molar refractivity (Wildman–Crippen MR) is 74.1 cm³/mol. The fourth-order valence-electron chi connectivity index (χ4n) is 1.92. The van der Waals surface area contributed by atoms with Crippen LogP contribution in [0.15, 0.2) is 17.0 Å². The Balaban J connectivity index is 3.28. The minimum absolute atomic E-state index is 0.108. The number of sulfonamides is 1. The van der Waals surface area contributed by atoms with E-state index in [1.165, 1.54) is 0 Å². The largest absolute Gasteiger partial charge is 0.316 e. The van der Waals surface area contributed by atoms with Crippen LogP contribution in [-0.4, -0.2) is 21.5 Å². The zero-order valence-corrected chi connectivity index (χ0v) is 12.5. The smallest absolute Gasteiger partial charge is 0.241 e. The van der Waals surface area contributed by atoms with Crippen LogP contribution >= 0.6 is 0 Å². The van der Waals surface area contributed by atoms with Crippen LogP contribution in [0.5, 0.6) is 0 Å². The van der Waals surface area contributed by atoms with Gasteiger partial charge in [-0.05, 0) is 57.5 Å². The standard InChI is InChI=1S/C13H22N2O2S/c1-9(2)15-18(16,17)13-7-12(8-14-5)10(3)6-11(13)4/h6-7,9,14-15H,8H2,1-5H3. The Hall–Kier alpha value is -0.910. The van der Waals surface area contributed by atoms with Gasteiger partial charge in [-0.2, -0.15) is 0 Å². The van der Waals surface area contributed by atoms with Crippen LogP contribution in [0.2, 0.25) is 0 Å². The van der Waals surface area contributed by atoms with E-state index >= 15 is 0 Å². The minimum atomic E-state index is -3.43. The third-order valence-corrected chi connectivity index (χ3v) is 4.48. The molecular weight excluding hydrogens is 248 g/mol. The van der Waals surface area contributed by atoms with E-state index < -0.39 is 10.0 Å². The third kappa shape index (κ3) is 3.54. The van der Waals surface area contributed by atoms with Crippen molar-refractivity contribution in [3.05, 3.63) is 28.8 Å². The first kappa shape index (κ1) is 15.1. The number of nitrogens with one attached hydrogen (secondary N) is 2. The Morgan fingerprint density at radius 1 is 1.17 bits per heavy atom. The van der Waals surface area contributed by atoms with E-state index in [0.29, 0.717) is 11.4 Å². The maximum absolute atomic E-state index is 12.2. The van der Waals surface area contributed by atoms with Crippen molar-refractivity contribution in [2.24, 2.45) is 0 Å². The van der Waals surface area contributed by atoms with Gasteiger partial charge in [0.05, 0.1) is 4.90 Å². The Labute approximate surface area is 110 Å². The van der Waals surface area contributed by atoms with Crippen LogP contribution in [0.3, 0.4) is 0 Å². The van der Waals surface area contributed by atoms with Crippen LogP contribution in [-0.2, 0) is 16.6 Å². The van der Waals surface area contributed by atoms with E-state index in [1.807, 2.05) is 40.8 Å². The molecule has 0 aromatic heterocycles. The molecule has 0 aliphatic heterocycles. The Morgan fingerprint density at radius 2 is 1.78 bits per heavy atom. The van der Waals surface area contributed by atoms with Crippen LogP contribution in [0.25, 0.3) is 0 Å². The summed E-state index contributed by atoms with van der Waals surface area (Å²) in [6.45, 7) is 8.11. The maximum atomic E-state index is 12.2. The molecule has 2 N–H and O–H groups in total. The summed E-state index contributed by atoms with van der Waals surface area (Å²) in [4.78, 5) is 0.368. The maximum Gasteiger partial charge on any atom is 0.241 e. The van der Waals surface area contributed by atoms with E-state index in [9.17, 15) is 8.42 Å². The van der Waals surface area contributed by atoms with Gasteiger partial charge in [0, 0.05) is 12.6 Å². The second kappa shape index (κ2) is 5.82. The summed E-state index contributed by atoms with van der Waals surface area (Å²) < 4.78 is 27.0. The third-order valence-electron chi connectivity index (χ3n) is 2.68. The first-order chi connectivity index (χ1) is 8.27. The van der Waals surface area contributed by atoms with Crippen molar-refractivity contribution < 1.29 is 8.42 Å². The molecule has 0 bridgehead atoms. The van der Waals surface area contributed by atoms with Crippen molar-refractivity contribution in [3.63, 3.8) is 0 Å². The molecule has 0 atom stereocenters. The topological polar surface area (TPSA) is 58.2 Å². The molecule has 0 spiro atoms. The number of aryl methyl sites for hydroxylation is 2. The molecule has 0 amide bonds. The van der Waals surface area contributed by atoms with E-state index in [-0.39, 0.29) is 6.04 Å². The summed E-state index contributed by atoms with van der Waals surface area (Å²) in [7, 11) is -1.58. The molecule has 1 aromatic rings. The van der Waals surface area contributed by atoms with Crippen molar-refractivity contribution in [1.82, 2.24) is 10.0 Å². The number of hydrogen-bond donors (Lipinski definition) is 2. The van der Waals surface area contributed by atoms with Crippen molar-refractivity contribution in [1.29, 1.82) is 0 Å². The summed E-state index contributed by atoms with van der Waals surface area (Å²) >= 11 is 0. The van der Waals surface area contributed by atoms with Gasteiger partial charge in [0.1, 0.15) is 0 Å². The zero-order chi connectivity index (χ0) is 13.9. The lowest BCUT2D eigenvalue weighted by molar-refractivity contribution is 0.569. The molecule has 0 radical (unpaired) electrons. The summed E-state index contributed by atoms with van der Waals surface area (Å²) in [5, 5.41) is 3.05. The zero-order valence-electron chi connectivity index (χ0n) is 11.7. The summed E-state index contributed by atoms with van der Waals surface area (Å²) in [6, 6.07) is 3.57. The molecular formula is C13H22N2O2S. The van der Waals surface area contributed by atoms with Gasteiger partial charge in [-0.3, -0.25) is 0 Å². The molecule has 0 aliphatic carbocycles. The monoisotopic (exact) mass is 270 g/mol. The normalized spacial score (nSPS) is 12.1. The SMILES string of the molecule is CNCc1cc(S(=O)(=O)NC(C)C)c(C)cc1C. The lowest BCUT2D eigenvalue weighted by Gasteiger charge is -2.15. The molecule has 0 fully saturated rings. The molecule has 0 saturated carbocycles.